The van der Waals surface area contributed by atoms with Gasteiger partial charge in [-0.2, -0.15) is 0 Å². The number of rotatable bonds is 7. The van der Waals surface area contributed by atoms with Crippen molar-refractivity contribution in [2.75, 3.05) is 38.7 Å². The van der Waals surface area contributed by atoms with Gasteiger partial charge in [-0.25, -0.2) is 13.2 Å². The van der Waals surface area contributed by atoms with Crippen LogP contribution in [0, 0.1) is 0 Å². The van der Waals surface area contributed by atoms with Gasteiger partial charge >= 0.3 is 5.69 Å². The molecule has 1 fully saturated rings. The highest BCUT2D eigenvalue weighted by molar-refractivity contribution is 7.91. The van der Waals surface area contributed by atoms with Gasteiger partial charge in [0, 0.05) is 19.6 Å². The average Bonchev–Trinajstić information content (AvgIpc) is 3.11. The average molecular weight is 409 g/mol. The van der Waals surface area contributed by atoms with Crippen LogP contribution in [0.25, 0.3) is 11.0 Å². The molecule has 28 heavy (non-hydrogen) atoms. The van der Waals surface area contributed by atoms with Gasteiger partial charge in [-0.1, -0.05) is 12.1 Å². The Balaban J connectivity index is 1.85. The molecule has 8 nitrogen and oxygen atoms in total. The molecule has 154 valence electrons. The monoisotopic (exact) mass is 408 g/mol. The van der Waals surface area contributed by atoms with Gasteiger partial charge < -0.3 is 9.80 Å². The molecule has 0 saturated carbocycles. The molecule has 1 amide bonds. The lowest BCUT2D eigenvalue weighted by molar-refractivity contribution is -0.133. The summed E-state index contributed by atoms with van der Waals surface area (Å²) in [5, 5.41) is 0. The highest BCUT2D eigenvalue weighted by atomic mass is 32.2. The zero-order valence-electron chi connectivity index (χ0n) is 16.7. The molecular weight excluding hydrogens is 380 g/mol. The molecule has 0 radical (unpaired) electrons. The van der Waals surface area contributed by atoms with Crippen molar-refractivity contribution < 1.29 is 13.2 Å². The summed E-state index contributed by atoms with van der Waals surface area (Å²) in [6.07, 6.45) is 1.21. The molecule has 1 aliphatic rings. The van der Waals surface area contributed by atoms with Crippen LogP contribution in [0.5, 0.6) is 0 Å². The number of hydrogen-bond donors (Lipinski definition) is 0. The number of amides is 1. The Labute approximate surface area is 165 Å². The van der Waals surface area contributed by atoms with E-state index in [2.05, 4.69) is 0 Å². The van der Waals surface area contributed by atoms with Crippen LogP contribution in [0.3, 0.4) is 0 Å². The predicted molar refractivity (Wildman–Crippen MR) is 109 cm³/mol. The number of sulfone groups is 1. The van der Waals surface area contributed by atoms with Gasteiger partial charge in [0.25, 0.3) is 0 Å². The molecule has 0 N–H and O–H groups in total. The first-order valence-electron chi connectivity index (χ1n) is 9.48. The van der Waals surface area contributed by atoms with E-state index < -0.39 is 9.84 Å². The molecule has 2 heterocycles. The molecule has 1 unspecified atom stereocenters. The third-order valence-electron chi connectivity index (χ3n) is 5.32. The van der Waals surface area contributed by atoms with Crippen LogP contribution >= 0.6 is 0 Å². The first kappa shape index (κ1) is 20.6. The zero-order chi connectivity index (χ0) is 20.5. The van der Waals surface area contributed by atoms with Crippen LogP contribution in [0.15, 0.2) is 29.1 Å². The second-order valence-corrected chi connectivity index (χ2v) is 9.95. The first-order valence-corrected chi connectivity index (χ1v) is 11.3. The maximum absolute atomic E-state index is 13.1. The normalized spacial score (nSPS) is 18.8. The highest BCUT2D eigenvalue weighted by Crippen LogP contribution is 2.19. The lowest BCUT2D eigenvalue weighted by Gasteiger charge is -2.29. The Kier molecular flexibility index (Phi) is 5.95. The lowest BCUT2D eigenvalue weighted by atomic mass is 10.2. The third kappa shape index (κ3) is 4.30. The van der Waals surface area contributed by atoms with E-state index >= 15 is 0 Å². The van der Waals surface area contributed by atoms with Crippen LogP contribution in [-0.4, -0.2) is 78.0 Å². The van der Waals surface area contributed by atoms with Gasteiger partial charge in [0.05, 0.1) is 22.5 Å². The van der Waals surface area contributed by atoms with Crippen molar-refractivity contribution >= 4 is 26.8 Å². The fourth-order valence-electron chi connectivity index (χ4n) is 3.83. The number of aryl methyl sites for hydroxylation is 1. The van der Waals surface area contributed by atoms with E-state index in [-0.39, 0.29) is 35.7 Å². The van der Waals surface area contributed by atoms with Gasteiger partial charge in [-0.15, -0.1) is 0 Å². The number of imidazole rings is 1. The molecule has 1 aromatic heterocycles. The number of benzene rings is 1. The standard InChI is InChI=1S/C19H28N4O4S/c1-20(2)10-6-11-22(15-9-12-28(26,27)14-15)18(24)13-23-17-8-5-4-7-16(17)21(3)19(23)25/h4-5,7-8,15H,6,9-14H2,1-3H3. The second kappa shape index (κ2) is 8.08. The summed E-state index contributed by atoms with van der Waals surface area (Å²) < 4.78 is 26.9. The Morgan fingerprint density at radius 2 is 1.86 bits per heavy atom. The van der Waals surface area contributed by atoms with Gasteiger partial charge in [-0.05, 0) is 45.6 Å². The number of para-hydroxylation sites is 2. The Morgan fingerprint density at radius 1 is 1.18 bits per heavy atom. The minimum atomic E-state index is -3.10. The van der Waals surface area contributed by atoms with Crippen LogP contribution < -0.4 is 5.69 Å². The Morgan fingerprint density at radius 3 is 2.46 bits per heavy atom. The maximum atomic E-state index is 13.1. The van der Waals surface area contributed by atoms with Crippen molar-refractivity contribution in [3.05, 3.63) is 34.7 Å². The molecule has 0 aliphatic carbocycles. The third-order valence-corrected chi connectivity index (χ3v) is 7.07. The smallest absolute Gasteiger partial charge is 0.329 e. The molecule has 1 aliphatic heterocycles. The summed E-state index contributed by atoms with van der Waals surface area (Å²) in [5.41, 5.74) is 1.22. The van der Waals surface area contributed by atoms with E-state index in [4.69, 9.17) is 0 Å². The quantitative estimate of drug-likeness (QED) is 0.658. The summed E-state index contributed by atoms with van der Waals surface area (Å²) in [6.45, 7) is 1.20. The van der Waals surface area contributed by atoms with Gasteiger partial charge in [0.2, 0.25) is 5.91 Å². The molecular formula is C19H28N4O4S. The van der Waals surface area contributed by atoms with Crippen LogP contribution in [0.2, 0.25) is 0 Å². The number of nitrogens with zero attached hydrogens (tertiary/aromatic N) is 4. The van der Waals surface area contributed by atoms with Crippen molar-refractivity contribution in [2.45, 2.75) is 25.4 Å². The number of carbonyl (C=O) groups is 1. The summed E-state index contributed by atoms with van der Waals surface area (Å²) in [4.78, 5) is 29.5. The fraction of sp³-hybridized carbons (Fsp3) is 0.579. The topological polar surface area (TPSA) is 84.6 Å². The van der Waals surface area contributed by atoms with E-state index in [1.54, 1.807) is 11.9 Å². The summed E-state index contributed by atoms with van der Waals surface area (Å²) in [7, 11) is 2.50. The first-order chi connectivity index (χ1) is 13.2. The van der Waals surface area contributed by atoms with E-state index in [1.807, 2.05) is 43.3 Å². The second-order valence-electron chi connectivity index (χ2n) is 7.72. The van der Waals surface area contributed by atoms with Crippen molar-refractivity contribution in [3.8, 4) is 0 Å². The van der Waals surface area contributed by atoms with Crippen molar-refractivity contribution in [1.82, 2.24) is 18.9 Å². The van der Waals surface area contributed by atoms with E-state index in [0.717, 1.165) is 18.5 Å². The van der Waals surface area contributed by atoms with Crippen LogP contribution in [0.4, 0.5) is 0 Å². The molecule has 0 bridgehead atoms. The van der Waals surface area contributed by atoms with Crippen molar-refractivity contribution in [1.29, 1.82) is 0 Å². The summed E-state index contributed by atoms with van der Waals surface area (Å²) >= 11 is 0. The molecule has 1 saturated heterocycles. The van der Waals surface area contributed by atoms with E-state index in [0.29, 0.717) is 18.5 Å². The van der Waals surface area contributed by atoms with Crippen molar-refractivity contribution in [2.24, 2.45) is 7.05 Å². The molecule has 0 spiro atoms. The SMILES string of the molecule is CN(C)CCCN(C(=O)Cn1c(=O)n(C)c2ccccc21)C1CCS(=O)(=O)C1. The minimum Gasteiger partial charge on any atom is -0.337 e. The largest absolute Gasteiger partial charge is 0.337 e. The summed E-state index contributed by atoms with van der Waals surface area (Å²) in [5.74, 6) is -0.0894. The predicted octanol–water partition coefficient (Wildman–Crippen LogP) is 0.307. The fourth-order valence-corrected chi connectivity index (χ4v) is 5.56. The molecule has 3 rings (SSSR count). The van der Waals surface area contributed by atoms with E-state index in [9.17, 15) is 18.0 Å². The lowest BCUT2D eigenvalue weighted by Crippen LogP contribution is -2.45. The molecule has 1 aromatic carbocycles. The highest BCUT2D eigenvalue weighted by Gasteiger charge is 2.34. The van der Waals surface area contributed by atoms with Gasteiger partial charge in [0.15, 0.2) is 9.84 Å². The van der Waals surface area contributed by atoms with E-state index in [1.165, 1.54) is 9.13 Å². The van der Waals surface area contributed by atoms with Gasteiger partial charge in [0.1, 0.15) is 6.54 Å². The number of aromatic nitrogens is 2. The number of hydrogen-bond acceptors (Lipinski definition) is 5. The molecule has 2 aromatic rings. The Hall–Kier alpha value is -2.13. The van der Waals surface area contributed by atoms with Crippen LogP contribution in [0.1, 0.15) is 12.8 Å². The van der Waals surface area contributed by atoms with Gasteiger partial charge in [-0.3, -0.25) is 13.9 Å². The number of fused-ring (bicyclic) bond motifs is 1. The Bertz CT molecular complexity index is 1020. The zero-order valence-corrected chi connectivity index (χ0v) is 17.5. The minimum absolute atomic E-state index is 0.00510. The number of carbonyl (C=O) groups excluding carboxylic acids is 1. The summed E-state index contributed by atoms with van der Waals surface area (Å²) in [6, 6.07) is 7.04. The van der Waals surface area contributed by atoms with Crippen molar-refractivity contribution in [3.63, 3.8) is 0 Å². The maximum Gasteiger partial charge on any atom is 0.329 e. The molecule has 9 heteroatoms. The molecule has 1 atom stereocenters. The van der Waals surface area contributed by atoms with Crippen LogP contribution in [-0.2, 0) is 28.2 Å².